The van der Waals surface area contributed by atoms with Crippen LogP contribution >= 0.6 is 0 Å². The molecule has 0 spiro atoms. The van der Waals surface area contributed by atoms with Crippen molar-refractivity contribution >= 4 is 17.3 Å². The molecule has 1 aromatic carbocycles. The van der Waals surface area contributed by atoms with E-state index in [2.05, 4.69) is 12.2 Å². The lowest BCUT2D eigenvalue weighted by Gasteiger charge is -2.08. The van der Waals surface area contributed by atoms with Gasteiger partial charge in [-0.25, -0.2) is 0 Å². The van der Waals surface area contributed by atoms with E-state index in [4.69, 9.17) is 0 Å². The van der Waals surface area contributed by atoms with Gasteiger partial charge in [0.2, 0.25) is 5.91 Å². The van der Waals surface area contributed by atoms with Crippen LogP contribution < -0.4 is 5.32 Å². The zero-order chi connectivity index (χ0) is 13.5. The number of anilines is 1. The molecule has 0 fully saturated rings. The molecule has 0 heterocycles. The van der Waals surface area contributed by atoms with Crippen molar-refractivity contribution in [2.45, 2.75) is 39.5 Å². The number of amides is 1. The van der Waals surface area contributed by atoms with Crippen LogP contribution in [-0.4, -0.2) is 10.8 Å². The molecule has 0 aliphatic carbocycles. The molecular weight excluding hydrogens is 232 g/mol. The Morgan fingerprint density at radius 2 is 2.11 bits per heavy atom. The number of unbranched alkanes of at least 4 members (excludes halogenated alkanes) is 2. The lowest BCUT2D eigenvalue weighted by Crippen LogP contribution is -2.12. The van der Waals surface area contributed by atoms with Crippen molar-refractivity contribution < 1.29 is 9.72 Å². The maximum atomic E-state index is 11.6. The molecule has 0 aliphatic heterocycles. The van der Waals surface area contributed by atoms with Crippen molar-refractivity contribution in [3.63, 3.8) is 0 Å². The molecule has 0 aromatic heterocycles. The third-order valence-corrected chi connectivity index (χ3v) is 2.78. The molecule has 1 rings (SSSR count). The molecule has 1 amide bonds. The van der Waals surface area contributed by atoms with Crippen LogP contribution in [0.5, 0.6) is 0 Å². The number of nitro benzene ring substituents is 1. The number of nitro groups is 1. The van der Waals surface area contributed by atoms with Crippen LogP contribution in [0.15, 0.2) is 18.2 Å². The van der Waals surface area contributed by atoms with E-state index in [1.54, 1.807) is 19.1 Å². The van der Waals surface area contributed by atoms with E-state index < -0.39 is 4.92 Å². The topological polar surface area (TPSA) is 72.2 Å². The van der Waals surface area contributed by atoms with E-state index in [0.717, 1.165) is 19.3 Å². The molecule has 0 aliphatic rings. The van der Waals surface area contributed by atoms with E-state index in [-0.39, 0.29) is 11.6 Å². The summed E-state index contributed by atoms with van der Waals surface area (Å²) in [6.07, 6.45) is 3.37. The van der Waals surface area contributed by atoms with E-state index in [9.17, 15) is 14.9 Å². The van der Waals surface area contributed by atoms with Gasteiger partial charge in [-0.15, -0.1) is 0 Å². The highest BCUT2D eigenvalue weighted by atomic mass is 16.6. The summed E-state index contributed by atoms with van der Waals surface area (Å²) in [7, 11) is 0. The van der Waals surface area contributed by atoms with Gasteiger partial charge < -0.3 is 5.32 Å². The summed E-state index contributed by atoms with van der Waals surface area (Å²) < 4.78 is 0. The Kier molecular flexibility index (Phi) is 5.30. The van der Waals surface area contributed by atoms with Crippen molar-refractivity contribution in [3.05, 3.63) is 33.9 Å². The van der Waals surface area contributed by atoms with Gasteiger partial charge in [0.15, 0.2) is 0 Å². The summed E-state index contributed by atoms with van der Waals surface area (Å²) in [5, 5.41) is 13.5. The van der Waals surface area contributed by atoms with Crippen LogP contribution in [0.1, 0.15) is 38.2 Å². The van der Waals surface area contributed by atoms with Crippen LogP contribution in [0, 0.1) is 17.0 Å². The molecule has 0 atom stereocenters. The normalized spacial score (nSPS) is 10.1. The summed E-state index contributed by atoms with van der Waals surface area (Å²) in [5.41, 5.74) is 1.04. The fraction of sp³-hybridized carbons (Fsp3) is 0.462. The predicted octanol–water partition coefficient (Wildman–Crippen LogP) is 3.42. The van der Waals surface area contributed by atoms with Gasteiger partial charge >= 0.3 is 0 Å². The van der Waals surface area contributed by atoms with Gasteiger partial charge in [0.1, 0.15) is 0 Å². The standard InChI is InChI=1S/C13H18N2O3/c1-3-4-5-9-13(16)14-11-7-6-8-12(10(11)2)15(17)18/h6-8H,3-5,9H2,1-2H3,(H,14,16). The fourth-order valence-corrected chi connectivity index (χ4v) is 1.70. The molecule has 98 valence electrons. The van der Waals surface area contributed by atoms with E-state index in [0.29, 0.717) is 17.7 Å². The molecule has 0 radical (unpaired) electrons. The summed E-state index contributed by atoms with van der Waals surface area (Å²) in [5.74, 6) is -0.0907. The van der Waals surface area contributed by atoms with Gasteiger partial charge in [-0.05, 0) is 19.4 Å². The molecule has 0 bridgehead atoms. The first-order valence-electron chi connectivity index (χ1n) is 6.10. The minimum Gasteiger partial charge on any atom is -0.326 e. The van der Waals surface area contributed by atoms with Crippen molar-refractivity contribution in [3.8, 4) is 0 Å². The molecule has 1 aromatic rings. The maximum Gasteiger partial charge on any atom is 0.274 e. The molecule has 18 heavy (non-hydrogen) atoms. The zero-order valence-corrected chi connectivity index (χ0v) is 10.7. The molecule has 5 heteroatoms. The monoisotopic (exact) mass is 250 g/mol. The van der Waals surface area contributed by atoms with E-state index >= 15 is 0 Å². The third kappa shape index (κ3) is 3.84. The highest BCUT2D eigenvalue weighted by Crippen LogP contribution is 2.25. The Hall–Kier alpha value is -1.91. The second-order valence-corrected chi connectivity index (χ2v) is 4.21. The highest BCUT2D eigenvalue weighted by molar-refractivity contribution is 5.92. The van der Waals surface area contributed by atoms with Gasteiger partial charge in [0.05, 0.1) is 16.2 Å². The van der Waals surface area contributed by atoms with E-state index in [1.165, 1.54) is 6.07 Å². The number of hydrogen-bond donors (Lipinski definition) is 1. The highest BCUT2D eigenvalue weighted by Gasteiger charge is 2.14. The van der Waals surface area contributed by atoms with Crippen LogP contribution in [0.25, 0.3) is 0 Å². The molecule has 0 saturated carbocycles. The lowest BCUT2D eigenvalue weighted by atomic mass is 10.1. The van der Waals surface area contributed by atoms with Gasteiger partial charge in [-0.3, -0.25) is 14.9 Å². The van der Waals surface area contributed by atoms with E-state index in [1.807, 2.05) is 0 Å². The number of hydrogen-bond acceptors (Lipinski definition) is 3. The van der Waals surface area contributed by atoms with Crippen molar-refractivity contribution in [1.82, 2.24) is 0 Å². The third-order valence-electron chi connectivity index (χ3n) is 2.78. The summed E-state index contributed by atoms with van der Waals surface area (Å²) in [6.45, 7) is 3.71. The summed E-state index contributed by atoms with van der Waals surface area (Å²) in [4.78, 5) is 22.0. The summed E-state index contributed by atoms with van der Waals surface area (Å²) in [6, 6.07) is 4.69. The first-order valence-corrected chi connectivity index (χ1v) is 6.10. The summed E-state index contributed by atoms with van der Waals surface area (Å²) >= 11 is 0. The quantitative estimate of drug-likeness (QED) is 0.477. The minimum atomic E-state index is -0.442. The first-order chi connectivity index (χ1) is 8.56. The SMILES string of the molecule is CCCCCC(=O)Nc1cccc([N+](=O)[O-])c1C. The molecule has 5 nitrogen and oxygen atoms in total. The largest absolute Gasteiger partial charge is 0.326 e. The van der Waals surface area contributed by atoms with Crippen LogP contribution in [0.4, 0.5) is 11.4 Å². The van der Waals surface area contributed by atoms with Crippen molar-refractivity contribution in [2.24, 2.45) is 0 Å². The van der Waals surface area contributed by atoms with Crippen molar-refractivity contribution in [2.75, 3.05) is 5.32 Å². The Balaban J connectivity index is 2.70. The number of carbonyl (C=O) groups excluding carboxylic acids is 1. The number of nitrogens with zero attached hydrogens (tertiary/aromatic N) is 1. The average molecular weight is 250 g/mol. The fourth-order valence-electron chi connectivity index (χ4n) is 1.70. The average Bonchev–Trinajstić information content (AvgIpc) is 2.32. The zero-order valence-electron chi connectivity index (χ0n) is 10.7. The smallest absolute Gasteiger partial charge is 0.274 e. The Morgan fingerprint density at radius 3 is 2.72 bits per heavy atom. The number of rotatable bonds is 6. The minimum absolute atomic E-state index is 0.0290. The molecular formula is C13H18N2O3. The van der Waals surface area contributed by atoms with Gasteiger partial charge in [0.25, 0.3) is 5.69 Å². The molecule has 0 unspecified atom stereocenters. The Bertz CT molecular complexity index is 444. The molecule has 1 N–H and O–H groups in total. The number of nitrogens with one attached hydrogen (secondary N) is 1. The molecule has 0 saturated heterocycles. The maximum absolute atomic E-state index is 11.6. The van der Waals surface area contributed by atoms with Crippen molar-refractivity contribution in [1.29, 1.82) is 0 Å². The lowest BCUT2D eigenvalue weighted by molar-refractivity contribution is -0.385. The van der Waals surface area contributed by atoms with Crippen LogP contribution in [0.3, 0.4) is 0 Å². The van der Waals surface area contributed by atoms with Crippen LogP contribution in [0.2, 0.25) is 0 Å². The second kappa shape index (κ2) is 6.74. The van der Waals surface area contributed by atoms with Gasteiger partial charge in [0, 0.05) is 12.5 Å². The van der Waals surface area contributed by atoms with Gasteiger partial charge in [-0.2, -0.15) is 0 Å². The number of benzene rings is 1. The van der Waals surface area contributed by atoms with Crippen LogP contribution in [-0.2, 0) is 4.79 Å². The Labute approximate surface area is 106 Å². The second-order valence-electron chi connectivity index (χ2n) is 4.21. The van der Waals surface area contributed by atoms with Gasteiger partial charge in [-0.1, -0.05) is 25.8 Å². The predicted molar refractivity (Wildman–Crippen MR) is 70.6 cm³/mol. The first kappa shape index (κ1) is 14.2. The Morgan fingerprint density at radius 1 is 1.39 bits per heavy atom. The number of carbonyl (C=O) groups is 1.